The van der Waals surface area contributed by atoms with E-state index in [1.54, 1.807) is 31.2 Å². The van der Waals surface area contributed by atoms with E-state index in [0.717, 1.165) is 0 Å². The quantitative estimate of drug-likeness (QED) is 0.520. The lowest BCUT2D eigenvalue weighted by Crippen LogP contribution is -2.42. The van der Waals surface area contributed by atoms with Crippen molar-refractivity contribution >= 4 is 68.2 Å². The maximum Gasteiger partial charge on any atom is 0.331 e. The average molecular weight is 524 g/mol. The van der Waals surface area contributed by atoms with Gasteiger partial charge in [0.2, 0.25) is 0 Å². The molecule has 0 amide bonds. The Morgan fingerprint density at radius 3 is 2.61 bits per heavy atom. The highest BCUT2D eigenvalue weighted by atomic mass is 35.5. The predicted molar refractivity (Wildman–Crippen MR) is 127 cm³/mol. The van der Waals surface area contributed by atoms with Gasteiger partial charge in [-0.2, -0.15) is 0 Å². The Labute approximate surface area is 201 Å². The van der Waals surface area contributed by atoms with Crippen LogP contribution in [0.4, 0.5) is 5.69 Å². The standard InChI is InChI=1S/C20H21Cl3N2O4S2/c1-13(8-9-24-10-11-30-19(24)20(26)27)25(17-12-14(21)6-7-15(17)22)31(28,29)18-5-3-2-4-16(18)23/h2-7,12-13,19H,8-11H2,1H3,(H,26,27)/t13-,19?/m1/s1. The highest BCUT2D eigenvalue weighted by Crippen LogP contribution is 2.37. The minimum atomic E-state index is -4.08. The van der Waals surface area contributed by atoms with Crippen molar-refractivity contribution in [2.24, 2.45) is 0 Å². The van der Waals surface area contributed by atoms with E-state index in [1.165, 1.54) is 34.3 Å². The van der Waals surface area contributed by atoms with Crippen LogP contribution in [0.15, 0.2) is 47.4 Å². The minimum Gasteiger partial charge on any atom is -0.479 e. The van der Waals surface area contributed by atoms with Crippen LogP contribution in [0, 0.1) is 0 Å². The molecule has 2 atom stereocenters. The smallest absolute Gasteiger partial charge is 0.331 e. The molecule has 0 bridgehead atoms. The van der Waals surface area contributed by atoms with Gasteiger partial charge in [-0.15, -0.1) is 11.8 Å². The van der Waals surface area contributed by atoms with Gasteiger partial charge >= 0.3 is 5.97 Å². The molecule has 1 fully saturated rings. The second-order valence-corrected chi connectivity index (χ2v) is 11.3. The number of benzene rings is 2. The van der Waals surface area contributed by atoms with Gasteiger partial charge in [-0.3, -0.25) is 9.21 Å². The second kappa shape index (κ2) is 10.2. The first-order chi connectivity index (χ1) is 14.6. The number of halogens is 3. The van der Waals surface area contributed by atoms with E-state index in [2.05, 4.69) is 0 Å². The molecule has 2 aromatic rings. The summed E-state index contributed by atoms with van der Waals surface area (Å²) in [7, 11) is -4.08. The van der Waals surface area contributed by atoms with Crippen molar-refractivity contribution in [1.29, 1.82) is 0 Å². The molecule has 31 heavy (non-hydrogen) atoms. The van der Waals surface area contributed by atoms with Crippen molar-refractivity contribution in [2.45, 2.75) is 29.7 Å². The number of sulfonamides is 1. The van der Waals surface area contributed by atoms with Gasteiger partial charge in [0, 0.05) is 29.9 Å². The first kappa shape index (κ1) is 24.5. The largest absolute Gasteiger partial charge is 0.479 e. The summed E-state index contributed by atoms with van der Waals surface area (Å²) in [6.07, 6.45) is 0.386. The maximum atomic E-state index is 13.7. The van der Waals surface area contributed by atoms with Crippen LogP contribution >= 0.6 is 46.6 Å². The fourth-order valence-electron chi connectivity index (χ4n) is 3.45. The molecule has 3 rings (SSSR count). The average Bonchev–Trinajstić information content (AvgIpc) is 3.18. The molecular formula is C20H21Cl3N2O4S2. The van der Waals surface area contributed by atoms with Crippen LogP contribution in [0.1, 0.15) is 13.3 Å². The summed E-state index contributed by atoms with van der Waals surface area (Å²) >= 11 is 20.1. The van der Waals surface area contributed by atoms with Crippen LogP contribution < -0.4 is 4.31 Å². The number of carbonyl (C=O) groups is 1. The van der Waals surface area contributed by atoms with Gasteiger partial charge in [-0.25, -0.2) is 13.2 Å². The molecule has 0 saturated carbocycles. The number of thioether (sulfide) groups is 1. The number of nitrogens with zero attached hydrogens (tertiary/aromatic N) is 2. The lowest BCUT2D eigenvalue weighted by molar-refractivity contribution is -0.139. The highest BCUT2D eigenvalue weighted by Gasteiger charge is 2.35. The molecule has 1 heterocycles. The van der Waals surface area contributed by atoms with Crippen LogP contribution in [0.3, 0.4) is 0 Å². The van der Waals surface area contributed by atoms with Gasteiger partial charge in [0.1, 0.15) is 4.90 Å². The summed E-state index contributed by atoms with van der Waals surface area (Å²) < 4.78 is 28.5. The van der Waals surface area contributed by atoms with Crippen molar-refractivity contribution in [2.75, 3.05) is 23.1 Å². The summed E-state index contributed by atoms with van der Waals surface area (Å²) in [6, 6.07) is 10.3. The summed E-state index contributed by atoms with van der Waals surface area (Å²) in [5, 5.41) is 9.43. The fraction of sp³-hybridized carbons (Fsp3) is 0.350. The topological polar surface area (TPSA) is 77.9 Å². The van der Waals surface area contributed by atoms with Crippen LogP contribution in [0.25, 0.3) is 0 Å². The summed E-state index contributed by atoms with van der Waals surface area (Å²) in [6.45, 7) is 2.80. The summed E-state index contributed by atoms with van der Waals surface area (Å²) in [5.41, 5.74) is 0.243. The molecule has 1 N–H and O–H groups in total. The number of rotatable bonds is 8. The van der Waals surface area contributed by atoms with Crippen molar-refractivity contribution in [3.05, 3.63) is 57.5 Å². The first-order valence-corrected chi connectivity index (χ1v) is 13.1. The van der Waals surface area contributed by atoms with E-state index in [9.17, 15) is 18.3 Å². The van der Waals surface area contributed by atoms with Crippen LogP contribution in [0.2, 0.25) is 15.1 Å². The van der Waals surface area contributed by atoms with Crippen LogP contribution in [0.5, 0.6) is 0 Å². The van der Waals surface area contributed by atoms with Gasteiger partial charge in [0.05, 0.1) is 15.7 Å². The van der Waals surface area contributed by atoms with E-state index in [0.29, 0.717) is 30.3 Å². The Morgan fingerprint density at radius 2 is 1.94 bits per heavy atom. The Balaban J connectivity index is 1.97. The molecule has 0 radical (unpaired) electrons. The molecule has 0 aromatic heterocycles. The monoisotopic (exact) mass is 522 g/mol. The normalized spacial score (nSPS) is 18.1. The zero-order chi connectivity index (χ0) is 22.8. The molecule has 1 unspecified atom stereocenters. The summed E-state index contributed by atoms with van der Waals surface area (Å²) in [5.74, 6) is -0.179. The number of anilines is 1. The molecule has 2 aromatic carbocycles. The van der Waals surface area contributed by atoms with E-state index in [-0.39, 0.29) is 20.6 Å². The molecule has 6 nitrogen and oxygen atoms in total. The van der Waals surface area contributed by atoms with Gasteiger partial charge in [0.15, 0.2) is 5.37 Å². The van der Waals surface area contributed by atoms with E-state index in [4.69, 9.17) is 34.8 Å². The molecule has 0 spiro atoms. The van der Waals surface area contributed by atoms with Crippen molar-refractivity contribution in [3.8, 4) is 0 Å². The van der Waals surface area contributed by atoms with E-state index >= 15 is 0 Å². The summed E-state index contributed by atoms with van der Waals surface area (Å²) in [4.78, 5) is 13.3. The molecule has 0 aliphatic carbocycles. The molecule has 11 heteroatoms. The predicted octanol–water partition coefficient (Wildman–Crippen LogP) is 5.08. The Morgan fingerprint density at radius 1 is 1.23 bits per heavy atom. The SMILES string of the molecule is C[C@H](CCN1CCSC1C(=O)O)N(c1cc(Cl)ccc1Cl)S(=O)(=O)c1ccccc1Cl. The zero-order valence-corrected chi connectivity index (χ0v) is 20.4. The van der Waals surface area contributed by atoms with Crippen molar-refractivity contribution in [3.63, 3.8) is 0 Å². The van der Waals surface area contributed by atoms with E-state index < -0.39 is 27.4 Å². The van der Waals surface area contributed by atoms with Crippen molar-refractivity contribution < 1.29 is 18.3 Å². The third kappa shape index (κ3) is 5.43. The van der Waals surface area contributed by atoms with Gasteiger partial charge < -0.3 is 5.11 Å². The number of aliphatic carboxylic acids is 1. The molecule has 1 aliphatic heterocycles. The molecule has 168 valence electrons. The van der Waals surface area contributed by atoms with Gasteiger partial charge in [-0.05, 0) is 43.7 Å². The number of carboxylic acid groups (broad SMARTS) is 1. The van der Waals surface area contributed by atoms with Crippen LogP contribution in [-0.2, 0) is 14.8 Å². The third-order valence-corrected chi connectivity index (χ3v) is 9.17. The number of hydrogen-bond acceptors (Lipinski definition) is 5. The maximum absolute atomic E-state index is 13.7. The zero-order valence-electron chi connectivity index (χ0n) is 16.5. The van der Waals surface area contributed by atoms with Gasteiger partial charge in [-0.1, -0.05) is 46.9 Å². The highest BCUT2D eigenvalue weighted by molar-refractivity contribution is 8.00. The van der Waals surface area contributed by atoms with Crippen molar-refractivity contribution in [1.82, 2.24) is 4.90 Å². The Bertz CT molecular complexity index is 1070. The Kier molecular flexibility index (Phi) is 8.05. The third-order valence-electron chi connectivity index (χ3n) is 4.95. The molecule has 1 saturated heterocycles. The lowest BCUT2D eigenvalue weighted by Gasteiger charge is -2.33. The fourth-order valence-corrected chi connectivity index (χ4v) is 7.20. The van der Waals surface area contributed by atoms with Crippen LogP contribution in [-0.4, -0.2) is 54.7 Å². The Hall–Kier alpha value is -1.16. The first-order valence-electron chi connectivity index (χ1n) is 9.45. The second-order valence-electron chi connectivity index (χ2n) is 7.06. The molecular weight excluding hydrogens is 503 g/mol. The lowest BCUT2D eigenvalue weighted by atomic mass is 10.2. The molecule has 1 aliphatic rings. The number of hydrogen-bond donors (Lipinski definition) is 1. The number of carboxylic acids is 1. The van der Waals surface area contributed by atoms with E-state index in [1.807, 2.05) is 4.90 Å². The van der Waals surface area contributed by atoms with Gasteiger partial charge in [0.25, 0.3) is 10.0 Å². The minimum absolute atomic E-state index is 0.0419.